The number of thioether (sulfide) groups is 1. The van der Waals surface area contributed by atoms with Crippen molar-refractivity contribution in [3.8, 4) is 5.75 Å². The smallest absolute Gasteiger partial charge is 0.286 e. The van der Waals surface area contributed by atoms with Crippen LogP contribution in [0.5, 0.6) is 5.75 Å². The van der Waals surface area contributed by atoms with Crippen molar-refractivity contribution in [1.82, 2.24) is 4.90 Å². The van der Waals surface area contributed by atoms with Gasteiger partial charge in [0.05, 0.1) is 4.91 Å². The average molecular weight is 420 g/mol. The van der Waals surface area contributed by atoms with Gasteiger partial charge in [-0.15, -0.1) is 0 Å². The van der Waals surface area contributed by atoms with Crippen LogP contribution < -0.4 is 9.64 Å². The lowest BCUT2D eigenvalue weighted by Gasteiger charge is -2.37. The number of hydrogen-bond acceptors (Lipinski definition) is 5. The number of piperazine rings is 1. The lowest BCUT2D eigenvalue weighted by Crippen LogP contribution is -2.48. The lowest BCUT2D eigenvalue weighted by molar-refractivity contribution is -0.113. The Kier molecular flexibility index (Phi) is 6.23. The van der Waals surface area contributed by atoms with Crippen LogP contribution in [0, 0.1) is 6.92 Å². The number of rotatable bonds is 5. The number of nitrogens with zero attached hydrogens (tertiary/aromatic N) is 3. The molecule has 154 valence electrons. The highest BCUT2D eigenvalue weighted by molar-refractivity contribution is 8.18. The Bertz CT molecular complexity index is 990. The van der Waals surface area contributed by atoms with Crippen LogP contribution in [-0.2, 0) is 4.79 Å². The molecular formula is C24H25N3O2S. The van der Waals surface area contributed by atoms with E-state index >= 15 is 0 Å². The van der Waals surface area contributed by atoms with Crippen LogP contribution in [0.15, 0.2) is 71.1 Å². The van der Waals surface area contributed by atoms with E-state index in [4.69, 9.17) is 4.74 Å². The van der Waals surface area contributed by atoms with Gasteiger partial charge in [-0.2, -0.15) is 4.99 Å². The largest absolute Gasteiger partial charge is 0.490 e. The third-order valence-electron chi connectivity index (χ3n) is 5.16. The van der Waals surface area contributed by atoms with Crippen LogP contribution >= 0.6 is 11.8 Å². The quantitative estimate of drug-likeness (QED) is 0.533. The van der Waals surface area contributed by atoms with E-state index in [0.29, 0.717) is 11.5 Å². The van der Waals surface area contributed by atoms with Gasteiger partial charge < -0.3 is 14.5 Å². The van der Waals surface area contributed by atoms with Gasteiger partial charge in [-0.05, 0) is 54.1 Å². The van der Waals surface area contributed by atoms with Crippen molar-refractivity contribution in [2.45, 2.75) is 6.92 Å². The fourth-order valence-corrected chi connectivity index (χ4v) is 4.52. The molecule has 0 unspecified atom stereocenters. The zero-order valence-corrected chi connectivity index (χ0v) is 17.9. The highest BCUT2D eigenvalue weighted by Gasteiger charge is 2.28. The molecule has 0 aliphatic carbocycles. The molecule has 6 heteroatoms. The van der Waals surface area contributed by atoms with Gasteiger partial charge in [0.15, 0.2) is 5.17 Å². The molecule has 0 bridgehead atoms. The Morgan fingerprint density at radius 2 is 1.77 bits per heavy atom. The number of para-hydroxylation sites is 1. The Hall–Kier alpha value is -2.99. The molecule has 0 aromatic heterocycles. The molecule has 2 aliphatic heterocycles. The molecule has 0 atom stereocenters. The number of hydrogen-bond donors (Lipinski definition) is 0. The molecule has 2 aromatic rings. The minimum Gasteiger partial charge on any atom is -0.490 e. The second kappa shape index (κ2) is 9.22. The predicted octanol–water partition coefficient (Wildman–Crippen LogP) is 4.35. The predicted molar refractivity (Wildman–Crippen MR) is 125 cm³/mol. The van der Waals surface area contributed by atoms with Crippen molar-refractivity contribution >= 4 is 34.6 Å². The maximum atomic E-state index is 12.4. The number of amidine groups is 1. The van der Waals surface area contributed by atoms with Crippen LogP contribution in [0.25, 0.3) is 6.08 Å². The van der Waals surface area contributed by atoms with Crippen molar-refractivity contribution in [1.29, 1.82) is 0 Å². The maximum Gasteiger partial charge on any atom is 0.286 e. The maximum absolute atomic E-state index is 12.4. The summed E-state index contributed by atoms with van der Waals surface area (Å²) in [5, 5.41) is 0.807. The molecule has 0 N–H and O–H groups in total. The van der Waals surface area contributed by atoms with Crippen molar-refractivity contribution < 1.29 is 9.53 Å². The highest BCUT2D eigenvalue weighted by atomic mass is 32.2. The third kappa shape index (κ3) is 4.60. The van der Waals surface area contributed by atoms with E-state index in [1.807, 2.05) is 30.3 Å². The van der Waals surface area contributed by atoms with Crippen LogP contribution in [0.2, 0.25) is 0 Å². The second-order valence-corrected chi connectivity index (χ2v) is 8.25. The summed E-state index contributed by atoms with van der Waals surface area (Å²) in [6.45, 7) is 9.82. The van der Waals surface area contributed by atoms with Crippen LogP contribution in [0.1, 0.15) is 11.1 Å². The van der Waals surface area contributed by atoms with Crippen molar-refractivity contribution in [3.05, 3.63) is 77.2 Å². The molecule has 1 amide bonds. The van der Waals surface area contributed by atoms with Crippen molar-refractivity contribution in [3.63, 3.8) is 0 Å². The molecule has 30 heavy (non-hydrogen) atoms. The van der Waals surface area contributed by atoms with Crippen LogP contribution in [0.4, 0.5) is 5.69 Å². The van der Waals surface area contributed by atoms with E-state index in [1.54, 1.807) is 6.08 Å². The number of aryl methyl sites for hydroxylation is 1. The number of carbonyl (C=O) groups is 1. The zero-order valence-electron chi connectivity index (χ0n) is 17.1. The topological polar surface area (TPSA) is 45.1 Å². The number of amides is 1. The minimum absolute atomic E-state index is 0.164. The Labute approximate surface area is 181 Å². The summed E-state index contributed by atoms with van der Waals surface area (Å²) in [6.07, 6.45) is 3.60. The molecule has 0 radical (unpaired) electrons. The van der Waals surface area contributed by atoms with E-state index in [0.717, 1.165) is 42.7 Å². The van der Waals surface area contributed by atoms with Gasteiger partial charge in [-0.1, -0.05) is 43.0 Å². The fourth-order valence-electron chi connectivity index (χ4n) is 3.56. The fraction of sp³-hybridized carbons (Fsp3) is 0.250. The summed E-state index contributed by atoms with van der Waals surface area (Å²) in [4.78, 5) is 22.0. The Morgan fingerprint density at radius 3 is 2.47 bits per heavy atom. The summed E-state index contributed by atoms with van der Waals surface area (Å²) < 4.78 is 5.50. The number of anilines is 1. The molecular weight excluding hydrogens is 394 g/mol. The molecule has 0 saturated carbocycles. The van der Waals surface area contributed by atoms with Gasteiger partial charge in [-0.3, -0.25) is 4.79 Å². The summed E-state index contributed by atoms with van der Waals surface area (Å²) in [7, 11) is 0. The van der Waals surface area contributed by atoms with E-state index in [1.165, 1.54) is 23.0 Å². The first-order chi connectivity index (χ1) is 14.6. The third-order valence-corrected chi connectivity index (χ3v) is 6.21. The number of ether oxygens (including phenoxy) is 1. The summed E-state index contributed by atoms with van der Waals surface area (Å²) >= 11 is 1.46. The van der Waals surface area contributed by atoms with Gasteiger partial charge in [-0.25, -0.2) is 0 Å². The van der Waals surface area contributed by atoms with E-state index < -0.39 is 0 Å². The molecule has 0 spiro atoms. The first-order valence-corrected chi connectivity index (χ1v) is 10.9. The Morgan fingerprint density at radius 1 is 1.07 bits per heavy atom. The lowest BCUT2D eigenvalue weighted by atomic mass is 10.1. The Balaban J connectivity index is 1.37. The highest BCUT2D eigenvalue weighted by Crippen LogP contribution is 2.31. The van der Waals surface area contributed by atoms with E-state index in [9.17, 15) is 4.79 Å². The van der Waals surface area contributed by atoms with Crippen LogP contribution in [-0.4, -0.2) is 48.8 Å². The minimum atomic E-state index is -0.164. The van der Waals surface area contributed by atoms with E-state index in [2.05, 4.69) is 52.6 Å². The number of aliphatic imine (C=N–C) groups is 1. The first kappa shape index (κ1) is 20.3. The second-order valence-electron chi connectivity index (χ2n) is 7.24. The SMILES string of the molecule is C=CCOc1ccc(/C=C2\SC(N3CCN(c4ccccc4C)CC3)=NC2=O)cc1. The monoisotopic (exact) mass is 419 g/mol. The molecule has 2 aromatic carbocycles. The first-order valence-electron chi connectivity index (χ1n) is 10.1. The number of benzene rings is 2. The summed E-state index contributed by atoms with van der Waals surface area (Å²) in [6, 6.07) is 16.1. The van der Waals surface area contributed by atoms with Gasteiger partial charge in [0, 0.05) is 31.9 Å². The molecule has 4 rings (SSSR count). The van der Waals surface area contributed by atoms with Gasteiger partial charge in [0.2, 0.25) is 0 Å². The summed E-state index contributed by atoms with van der Waals surface area (Å²) in [5.41, 5.74) is 3.54. The standard InChI is InChI=1S/C24H25N3O2S/c1-3-16-29-20-10-8-19(9-11-20)17-22-23(28)25-24(30-22)27-14-12-26(13-15-27)21-7-5-4-6-18(21)2/h3-11,17H,1,12-16H2,2H3/b22-17-. The van der Waals surface area contributed by atoms with Crippen molar-refractivity contribution in [2.75, 3.05) is 37.7 Å². The van der Waals surface area contributed by atoms with Gasteiger partial charge in [0.1, 0.15) is 12.4 Å². The normalized spacial score (nSPS) is 18.0. The molecule has 1 fully saturated rings. The average Bonchev–Trinajstić information content (AvgIpc) is 3.14. The van der Waals surface area contributed by atoms with Gasteiger partial charge >= 0.3 is 0 Å². The molecule has 5 nitrogen and oxygen atoms in total. The molecule has 2 heterocycles. The zero-order chi connectivity index (χ0) is 20.9. The summed E-state index contributed by atoms with van der Waals surface area (Å²) in [5.74, 6) is 0.620. The van der Waals surface area contributed by atoms with Gasteiger partial charge in [0.25, 0.3) is 5.91 Å². The number of carbonyl (C=O) groups excluding carboxylic acids is 1. The van der Waals surface area contributed by atoms with Crippen molar-refractivity contribution in [2.24, 2.45) is 4.99 Å². The molecule has 1 saturated heterocycles. The van der Waals surface area contributed by atoms with E-state index in [-0.39, 0.29) is 5.91 Å². The van der Waals surface area contributed by atoms with Crippen LogP contribution in [0.3, 0.4) is 0 Å². The molecule has 2 aliphatic rings.